The van der Waals surface area contributed by atoms with Crippen LogP contribution in [0.1, 0.15) is 5.56 Å². The van der Waals surface area contributed by atoms with E-state index >= 15 is 0 Å². The zero-order chi connectivity index (χ0) is 8.97. The van der Waals surface area contributed by atoms with Crippen LogP contribution in [0.4, 0.5) is 0 Å². The van der Waals surface area contributed by atoms with Gasteiger partial charge >= 0.3 is 0 Å². The van der Waals surface area contributed by atoms with Crippen molar-refractivity contribution >= 4 is 10.8 Å². The van der Waals surface area contributed by atoms with E-state index in [0.29, 0.717) is 0 Å². The van der Waals surface area contributed by atoms with Crippen LogP contribution in [0.15, 0.2) is 41.8 Å². The van der Waals surface area contributed by atoms with Gasteiger partial charge < -0.3 is 0 Å². The second-order valence-corrected chi connectivity index (χ2v) is 3.90. The van der Waals surface area contributed by atoms with E-state index in [1.807, 2.05) is 30.3 Å². The Balaban J connectivity index is 3.07. The summed E-state index contributed by atoms with van der Waals surface area (Å²) >= 11 is 0. The highest BCUT2D eigenvalue weighted by atomic mass is 32.2. The second-order valence-electron chi connectivity index (χ2n) is 2.55. The van der Waals surface area contributed by atoms with Crippen LogP contribution >= 0.6 is 0 Å². The van der Waals surface area contributed by atoms with Gasteiger partial charge in [0.1, 0.15) is 0 Å². The third kappa shape index (κ3) is 2.05. The zero-order valence-corrected chi connectivity index (χ0v) is 7.93. The van der Waals surface area contributed by atoms with Crippen molar-refractivity contribution in [3.05, 3.63) is 42.5 Å². The Morgan fingerprint density at radius 1 is 1.50 bits per heavy atom. The molecule has 64 valence electrons. The van der Waals surface area contributed by atoms with Crippen LogP contribution in [0.25, 0.3) is 0 Å². The van der Waals surface area contributed by atoms with Crippen LogP contribution in [0.2, 0.25) is 0 Å². The summed E-state index contributed by atoms with van der Waals surface area (Å²) in [5.74, 6) is 0. The first-order chi connectivity index (χ1) is 5.75. The van der Waals surface area contributed by atoms with Gasteiger partial charge in [0.2, 0.25) is 0 Å². The smallest absolute Gasteiger partial charge is 0.0501 e. The molecule has 1 aromatic carbocycles. The minimum absolute atomic E-state index is 0.787. The van der Waals surface area contributed by atoms with Crippen molar-refractivity contribution in [2.45, 2.75) is 11.3 Å². The highest BCUT2D eigenvalue weighted by molar-refractivity contribution is 7.84. The molecule has 0 aliphatic carbocycles. The maximum absolute atomic E-state index is 11.2. The molecule has 2 heteroatoms. The lowest BCUT2D eigenvalue weighted by molar-refractivity contribution is 0.686. The van der Waals surface area contributed by atoms with Gasteiger partial charge in [0, 0.05) is 11.2 Å². The standard InChI is InChI=1S/C10H12OS/c1-3-6-9-7-4-5-8-10(9)12(2)11/h3-5,7-8H,1,6H2,2H3. The lowest BCUT2D eigenvalue weighted by Gasteiger charge is -2.02. The Labute approximate surface area is 75.6 Å². The van der Waals surface area contributed by atoms with Gasteiger partial charge in [0.15, 0.2) is 0 Å². The SMILES string of the molecule is C=CCc1ccccc1S(C)=O. The highest BCUT2D eigenvalue weighted by Gasteiger charge is 2.01. The van der Waals surface area contributed by atoms with Gasteiger partial charge in [-0.05, 0) is 18.1 Å². The van der Waals surface area contributed by atoms with Gasteiger partial charge in [-0.25, -0.2) is 0 Å². The molecule has 1 atom stereocenters. The number of benzene rings is 1. The van der Waals surface area contributed by atoms with Gasteiger partial charge in [0.25, 0.3) is 0 Å². The molecule has 1 nitrogen and oxygen atoms in total. The Morgan fingerprint density at radius 2 is 2.17 bits per heavy atom. The average molecular weight is 180 g/mol. The Bertz CT molecular complexity index is 304. The predicted molar refractivity (Wildman–Crippen MR) is 52.7 cm³/mol. The van der Waals surface area contributed by atoms with Crippen LogP contribution in [0, 0.1) is 0 Å². The molecule has 0 saturated carbocycles. The molecule has 0 heterocycles. The maximum Gasteiger partial charge on any atom is 0.0501 e. The molecule has 0 bridgehead atoms. The molecule has 1 rings (SSSR count). The van der Waals surface area contributed by atoms with Crippen molar-refractivity contribution in [2.24, 2.45) is 0 Å². The zero-order valence-electron chi connectivity index (χ0n) is 7.12. The van der Waals surface area contributed by atoms with Gasteiger partial charge in [-0.2, -0.15) is 0 Å². The van der Waals surface area contributed by atoms with Gasteiger partial charge in [-0.1, -0.05) is 24.3 Å². The molecular formula is C10H12OS. The van der Waals surface area contributed by atoms with E-state index in [9.17, 15) is 4.21 Å². The third-order valence-corrected chi connectivity index (χ3v) is 2.66. The maximum atomic E-state index is 11.2. The molecule has 0 aliphatic heterocycles. The fraction of sp³-hybridized carbons (Fsp3) is 0.200. The summed E-state index contributed by atoms with van der Waals surface area (Å²) in [4.78, 5) is 0.914. The summed E-state index contributed by atoms with van der Waals surface area (Å²) in [6, 6.07) is 7.74. The molecule has 0 radical (unpaired) electrons. The van der Waals surface area contributed by atoms with Crippen LogP contribution in [-0.2, 0) is 17.2 Å². The van der Waals surface area contributed by atoms with Gasteiger partial charge in [-0.15, -0.1) is 6.58 Å². The first kappa shape index (κ1) is 9.20. The molecule has 0 N–H and O–H groups in total. The summed E-state index contributed by atoms with van der Waals surface area (Å²) in [5, 5.41) is 0. The summed E-state index contributed by atoms with van der Waals surface area (Å²) in [7, 11) is -0.890. The Morgan fingerprint density at radius 3 is 2.75 bits per heavy atom. The summed E-state index contributed by atoms with van der Waals surface area (Å²) in [6.07, 6.45) is 4.31. The van der Waals surface area contributed by atoms with E-state index < -0.39 is 10.8 Å². The van der Waals surface area contributed by atoms with Crippen molar-refractivity contribution in [2.75, 3.05) is 6.26 Å². The van der Waals surface area contributed by atoms with Gasteiger partial charge in [-0.3, -0.25) is 4.21 Å². The molecule has 0 amide bonds. The first-order valence-corrected chi connectivity index (χ1v) is 5.33. The topological polar surface area (TPSA) is 17.1 Å². The molecule has 0 spiro atoms. The number of hydrogen-bond acceptors (Lipinski definition) is 1. The normalized spacial score (nSPS) is 12.4. The molecular weight excluding hydrogens is 168 g/mol. The average Bonchev–Trinajstić information content (AvgIpc) is 2.05. The Hall–Kier alpha value is -0.890. The summed E-state index contributed by atoms with van der Waals surface area (Å²) in [5.41, 5.74) is 1.10. The number of rotatable bonds is 3. The number of allylic oxidation sites excluding steroid dienone is 1. The highest BCUT2D eigenvalue weighted by Crippen LogP contribution is 2.12. The van der Waals surface area contributed by atoms with Crippen LogP contribution in [-0.4, -0.2) is 10.5 Å². The van der Waals surface area contributed by atoms with Crippen LogP contribution < -0.4 is 0 Å². The lowest BCUT2D eigenvalue weighted by Crippen LogP contribution is -1.93. The van der Waals surface area contributed by atoms with Crippen LogP contribution in [0.5, 0.6) is 0 Å². The van der Waals surface area contributed by atoms with E-state index in [-0.39, 0.29) is 0 Å². The third-order valence-electron chi connectivity index (χ3n) is 1.65. The van der Waals surface area contributed by atoms with Crippen molar-refractivity contribution in [1.82, 2.24) is 0 Å². The van der Waals surface area contributed by atoms with Crippen molar-refractivity contribution in [3.63, 3.8) is 0 Å². The van der Waals surface area contributed by atoms with Crippen molar-refractivity contribution < 1.29 is 4.21 Å². The van der Waals surface area contributed by atoms with Gasteiger partial charge in [0.05, 0.1) is 10.8 Å². The van der Waals surface area contributed by atoms with E-state index in [1.165, 1.54) is 0 Å². The fourth-order valence-electron chi connectivity index (χ4n) is 1.11. The van der Waals surface area contributed by atoms with E-state index in [2.05, 4.69) is 6.58 Å². The monoisotopic (exact) mass is 180 g/mol. The quantitative estimate of drug-likeness (QED) is 0.651. The number of hydrogen-bond donors (Lipinski definition) is 0. The first-order valence-electron chi connectivity index (χ1n) is 3.78. The predicted octanol–water partition coefficient (Wildman–Crippen LogP) is 2.15. The minimum Gasteiger partial charge on any atom is -0.255 e. The van der Waals surface area contributed by atoms with E-state index in [0.717, 1.165) is 16.9 Å². The fourth-order valence-corrected chi connectivity index (χ4v) is 1.90. The summed E-state index contributed by atoms with van der Waals surface area (Å²) < 4.78 is 11.2. The van der Waals surface area contributed by atoms with Crippen molar-refractivity contribution in [1.29, 1.82) is 0 Å². The minimum atomic E-state index is -0.890. The van der Waals surface area contributed by atoms with Crippen molar-refractivity contribution in [3.8, 4) is 0 Å². The van der Waals surface area contributed by atoms with Crippen LogP contribution in [0.3, 0.4) is 0 Å². The summed E-state index contributed by atoms with van der Waals surface area (Å²) in [6.45, 7) is 3.66. The molecule has 1 aromatic rings. The van der Waals surface area contributed by atoms with E-state index in [1.54, 1.807) is 6.26 Å². The molecule has 12 heavy (non-hydrogen) atoms. The molecule has 1 unspecified atom stereocenters. The van der Waals surface area contributed by atoms with E-state index in [4.69, 9.17) is 0 Å². The lowest BCUT2D eigenvalue weighted by atomic mass is 10.1. The second kappa shape index (κ2) is 4.21. The largest absolute Gasteiger partial charge is 0.255 e. The molecule has 0 fully saturated rings. The Kier molecular flexibility index (Phi) is 3.23. The molecule has 0 saturated heterocycles. The molecule has 0 aliphatic rings. The molecule has 0 aromatic heterocycles.